The van der Waals surface area contributed by atoms with Crippen molar-refractivity contribution in [2.24, 2.45) is 7.05 Å². The van der Waals surface area contributed by atoms with E-state index in [4.69, 9.17) is 4.74 Å². The lowest BCUT2D eigenvalue weighted by Crippen LogP contribution is -2.22. The van der Waals surface area contributed by atoms with Gasteiger partial charge < -0.3 is 13.9 Å². The first-order chi connectivity index (χ1) is 13.4. The van der Waals surface area contributed by atoms with Gasteiger partial charge in [-0.15, -0.1) is 0 Å². The fourth-order valence-electron chi connectivity index (χ4n) is 3.37. The SMILES string of the molecule is CCOC(=O)c1cn(C)c2c(C(=O)c3ccccc3)c(C)n(CC#N)c2c1=O. The molecule has 0 unspecified atom stereocenters. The lowest BCUT2D eigenvalue weighted by molar-refractivity contribution is 0.0524. The number of carbonyl (C=O) groups is 2. The Morgan fingerprint density at radius 3 is 2.46 bits per heavy atom. The zero-order valence-corrected chi connectivity index (χ0v) is 15.9. The van der Waals surface area contributed by atoms with E-state index in [-0.39, 0.29) is 30.0 Å². The van der Waals surface area contributed by atoms with Gasteiger partial charge in [-0.3, -0.25) is 9.59 Å². The molecule has 0 radical (unpaired) electrons. The Kier molecular flexibility index (Phi) is 5.14. The van der Waals surface area contributed by atoms with Crippen LogP contribution in [-0.4, -0.2) is 27.5 Å². The Labute approximate surface area is 161 Å². The molecule has 0 spiro atoms. The van der Waals surface area contributed by atoms with Crippen LogP contribution in [0, 0.1) is 18.3 Å². The summed E-state index contributed by atoms with van der Waals surface area (Å²) in [7, 11) is 1.66. The normalized spacial score (nSPS) is 10.6. The number of aromatic nitrogens is 2. The summed E-state index contributed by atoms with van der Waals surface area (Å²) in [6, 6.07) is 10.7. The molecule has 0 bridgehead atoms. The number of carbonyl (C=O) groups excluding carboxylic acids is 2. The monoisotopic (exact) mass is 377 g/mol. The molecular weight excluding hydrogens is 358 g/mol. The van der Waals surface area contributed by atoms with Crippen LogP contribution in [-0.2, 0) is 18.3 Å². The molecule has 2 aromatic heterocycles. The van der Waals surface area contributed by atoms with Crippen LogP contribution in [0.2, 0.25) is 0 Å². The van der Waals surface area contributed by atoms with E-state index < -0.39 is 11.4 Å². The van der Waals surface area contributed by atoms with Crippen molar-refractivity contribution in [3.8, 4) is 6.07 Å². The lowest BCUT2D eigenvalue weighted by atomic mass is 10.0. The van der Waals surface area contributed by atoms with Gasteiger partial charge >= 0.3 is 5.97 Å². The van der Waals surface area contributed by atoms with Gasteiger partial charge in [0.15, 0.2) is 5.78 Å². The molecule has 3 rings (SSSR count). The molecule has 7 heteroatoms. The number of nitriles is 1. The van der Waals surface area contributed by atoms with Gasteiger partial charge in [-0.05, 0) is 13.8 Å². The van der Waals surface area contributed by atoms with Crippen LogP contribution in [0.5, 0.6) is 0 Å². The zero-order valence-electron chi connectivity index (χ0n) is 15.9. The van der Waals surface area contributed by atoms with Crippen LogP contribution < -0.4 is 5.43 Å². The minimum absolute atomic E-state index is 0.119. The van der Waals surface area contributed by atoms with E-state index in [1.54, 1.807) is 49.7 Å². The number of esters is 1. The molecule has 7 nitrogen and oxygen atoms in total. The van der Waals surface area contributed by atoms with Gasteiger partial charge in [-0.2, -0.15) is 5.26 Å². The number of hydrogen-bond acceptors (Lipinski definition) is 5. The van der Waals surface area contributed by atoms with Gasteiger partial charge in [0.25, 0.3) is 0 Å². The highest BCUT2D eigenvalue weighted by Gasteiger charge is 2.27. The van der Waals surface area contributed by atoms with Gasteiger partial charge in [-0.25, -0.2) is 4.79 Å². The summed E-state index contributed by atoms with van der Waals surface area (Å²) < 4.78 is 8.03. The summed E-state index contributed by atoms with van der Waals surface area (Å²) >= 11 is 0. The molecule has 28 heavy (non-hydrogen) atoms. The van der Waals surface area contributed by atoms with Crippen molar-refractivity contribution in [1.82, 2.24) is 9.13 Å². The number of fused-ring (bicyclic) bond motifs is 1. The van der Waals surface area contributed by atoms with Crippen molar-refractivity contribution in [2.45, 2.75) is 20.4 Å². The van der Waals surface area contributed by atoms with E-state index in [9.17, 15) is 19.6 Å². The third kappa shape index (κ3) is 2.99. The minimum atomic E-state index is -0.733. The number of nitrogens with zero attached hydrogens (tertiary/aromatic N) is 3. The number of aryl methyl sites for hydroxylation is 1. The van der Waals surface area contributed by atoms with E-state index in [1.165, 1.54) is 10.8 Å². The van der Waals surface area contributed by atoms with Crippen LogP contribution in [0.4, 0.5) is 0 Å². The molecule has 2 heterocycles. The van der Waals surface area contributed by atoms with Crippen molar-refractivity contribution in [2.75, 3.05) is 6.61 Å². The fourth-order valence-corrected chi connectivity index (χ4v) is 3.37. The highest BCUT2D eigenvalue weighted by molar-refractivity contribution is 6.17. The summed E-state index contributed by atoms with van der Waals surface area (Å²) in [6.45, 7) is 3.36. The van der Waals surface area contributed by atoms with Gasteiger partial charge in [0.2, 0.25) is 5.43 Å². The molecule has 0 fully saturated rings. The summed E-state index contributed by atoms with van der Waals surface area (Å²) in [6.07, 6.45) is 1.38. The molecule has 0 saturated heterocycles. The maximum absolute atomic E-state index is 13.2. The number of rotatable bonds is 5. The second-order valence-corrected chi connectivity index (χ2v) is 6.30. The predicted molar refractivity (Wildman–Crippen MR) is 103 cm³/mol. The minimum Gasteiger partial charge on any atom is -0.462 e. The Morgan fingerprint density at radius 1 is 1.18 bits per heavy atom. The standard InChI is InChI=1S/C21H19N3O4/c1-4-28-21(27)15-12-23(3)17-16(19(25)14-8-6-5-7-9-14)13(2)24(11-10-22)18(17)20(15)26/h5-9,12H,4,11H2,1-3H3. The van der Waals surface area contributed by atoms with Crippen molar-refractivity contribution in [3.05, 3.63) is 69.1 Å². The summed E-state index contributed by atoms with van der Waals surface area (Å²) in [5.74, 6) is -0.984. The van der Waals surface area contributed by atoms with Crippen molar-refractivity contribution in [3.63, 3.8) is 0 Å². The van der Waals surface area contributed by atoms with Crippen LogP contribution in [0.15, 0.2) is 41.3 Å². The molecule has 0 aliphatic rings. The quantitative estimate of drug-likeness (QED) is 0.503. The average molecular weight is 377 g/mol. The molecule has 0 saturated carbocycles. The van der Waals surface area contributed by atoms with E-state index in [2.05, 4.69) is 0 Å². The van der Waals surface area contributed by atoms with Crippen LogP contribution in [0.1, 0.15) is 38.9 Å². The largest absolute Gasteiger partial charge is 0.462 e. The highest BCUT2D eigenvalue weighted by Crippen LogP contribution is 2.26. The molecule has 0 amide bonds. The summed E-state index contributed by atoms with van der Waals surface area (Å²) in [5, 5.41) is 9.24. The number of hydrogen-bond donors (Lipinski definition) is 0. The molecule has 1 aromatic carbocycles. The Bertz CT molecular complexity index is 1180. The third-order valence-corrected chi connectivity index (χ3v) is 4.62. The van der Waals surface area contributed by atoms with Gasteiger partial charge in [-0.1, -0.05) is 30.3 Å². The van der Waals surface area contributed by atoms with E-state index >= 15 is 0 Å². The first-order valence-corrected chi connectivity index (χ1v) is 8.78. The summed E-state index contributed by atoms with van der Waals surface area (Å²) in [4.78, 5) is 38.4. The molecule has 142 valence electrons. The second-order valence-electron chi connectivity index (χ2n) is 6.30. The number of benzene rings is 1. The number of ketones is 1. The Balaban J connectivity index is 2.39. The predicted octanol–water partition coefficient (Wildman–Crippen LogP) is 2.58. The molecular formula is C21H19N3O4. The van der Waals surface area contributed by atoms with Crippen molar-refractivity contribution in [1.29, 1.82) is 5.26 Å². The van der Waals surface area contributed by atoms with Crippen LogP contribution >= 0.6 is 0 Å². The Hall–Kier alpha value is -3.66. The number of pyridine rings is 1. The average Bonchev–Trinajstić information content (AvgIpc) is 2.98. The topological polar surface area (TPSA) is 94.1 Å². The molecule has 3 aromatic rings. The maximum atomic E-state index is 13.2. The van der Waals surface area contributed by atoms with E-state index in [0.717, 1.165) is 0 Å². The van der Waals surface area contributed by atoms with Gasteiger partial charge in [0.1, 0.15) is 17.6 Å². The maximum Gasteiger partial charge on any atom is 0.343 e. The van der Waals surface area contributed by atoms with Gasteiger partial charge in [0, 0.05) is 24.5 Å². The number of ether oxygens (including phenoxy) is 1. The van der Waals surface area contributed by atoms with Crippen LogP contribution in [0.25, 0.3) is 11.0 Å². The highest BCUT2D eigenvalue weighted by atomic mass is 16.5. The Morgan fingerprint density at radius 2 is 1.86 bits per heavy atom. The lowest BCUT2D eigenvalue weighted by Gasteiger charge is -2.08. The fraction of sp³-hybridized carbons (Fsp3) is 0.238. The molecule has 0 aliphatic carbocycles. The van der Waals surface area contributed by atoms with Gasteiger partial charge in [0.05, 0.1) is 23.8 Å². The van der Waals surface area contributed by atoms with Crippen LogP contribution in [0.3, 0.4) is 0 Å². The van der Waals surface area contributed by atoms with Crippen molar-refractivity contribution >= 4 is 22.8 Å². The second kappa shape index (κ2) is 7.53. The van der Waals surface area contributed by atoms with E-state index in [0.29, 0.717) is 22.3 Å². The molecule has 0 aliphatic heterocycles. The summed E-state index contributed by atoms with van der Waals surface area (Å²) in [5.41, 5.74) is 1.16. The molecule has 0 N–H and O–H groups in total. The smallest absolute Gasteiger partial charge is 0.343 e. The third-order valence-electron chi connectivity index (χ3n) is 4.62. The first kappa shape index (κ1) is 19.1. The van der Waals surface area contributed by atoms with E-state index in [1.807, 2.05) is 12.1 Å². The molecule has 0 atom stereocenters. The first-order valence-electron chi connectivity index (χ1n) is 8.78. The zero-order chi connectivity index (χ0) is 20.4. The van der Waals surface area contributed by atoms with Crippen molar-refractivity contribution < 1.29 is 14.3 Å².